The molecule has 1 N–H and O–H groups in total. The molecule has 0 fully saturated rings. The average molecular weight is 435 g/mol. The first-order valence-corrected chi connectivity index (χ1v) is 9.58. The van der Waals surface area contributed by atoms with Crippen molar-refractivity contribution in [2.45, 2.75) is 4.90 Å². The van der Waals surface area contributed by atoms with Crippen molar-refractivity contribution in [3.8, 4) is 11.4 Å². The van der Waals surface area contributed by atoms with Crippen LogP contribution in [-0.4, -0.2) is 36.7 Å². The van der Waals surface area contributed by atoms with Crippen LogP contribution in [0.25, 0.3) is 11.8 Å². The Hall–Kier alpha value is -2.32. The van der Waals surface area contributed by atoms with Crippen LogP contribution in [0.15, 0.2) is 61.7 Å². The highest BCUT2D eigenvalue weighted by atomic mass is 79.9. The molecule has 0 bridgehead atoms. The second-order valence-electron chi connectivity index (χ2n) is 5.00. The molecule has 0 spiro atoms. The summed E-state index contributed by atoms with van der Waals surface area (Å²) in [6, 6.07) is 7.24. The first-order valence-electron chi connectivity index (χ1n) is 7.57. The zero-order chi connectivity index (χ0) is 19.1. The fourth-order valence-corrected chi connectivity index (χ4v) is 3.27. The van der Waals surface area contributed by atoms with E-state index in [0.717, 1.165) is 17.1 Å². The third-order valence-electron chi connectivity index (χ3n) is 3.53. The molecular weight excluding hydrogens is 416 g/mol. The van der Waals surface area contributed by atoms with E-state index in [2.05, 4.69) is 37.9 Å². The Labute approximate surface area is 164 Å². The lowest BCUT2D eigenvalue weighted by molar-refractivity contribution is 0.414. The molecule has 0 aliphatic carbocycles. The number of nitrogens with zero attached hydrogens (tertiary/aromatic N) is 3. The highest BCUT2D eigenvalue weighted by molar-refractivity contribution is 9.12. The van der Waals surface area contributed by atoms with Gasteiger partial charge in [-0.3, -0.25) is 14.4 Å². The van der Waals surface area contributed by atoms with Gasteiger partial charge in [0, 0.05) is 13.2 Å². The largest absolute Gasteiger partial charge is 0.497 e. The molecule has 0 saturated carbocycles. The van der Waals surface area contributed by atoms with E-state index in [0.29, 0.717) is 15.1 Å². The van der Waals surface area contributed by atoms with Crippen LogP contribution in [0, 0.1) is 0 Å². The second kappa shape index (κ2) is 9.40. The van der Waals surface area contributed by atoms with Crippen molar-refractivity contribution in [3.05, 3.63) is 63.0 Å². The van der Waals surface area contributed by atoms with Crippen LogP contribution in [0.4, 0.5) is 0 Å². The first kappa shape index (κ1) is 20.0. The molecule has 0 amide bonds. The molecule has 1 aromatic carbocycles. The number of aliphatic imine (C=N–C) groups is 1. The molecule has 136 valence electrons. The predicted molar refractivity (Wildman–Crippen MR) is 112 cm³/mol. The normalized spacial score (nSPS) is 12.0. The lowest BCUT2D eigenvalue weighted by Crippen LogP contribution is -2.22. The number of likely N-dealkylation sites (N-methyl/N-ethyl adjacent to an activating group) is 1. The Balaban J connectivity index is 2.54. The molecule has 0 aliphatic rings. The maximum atomic E-state index is 12.9. The van der Waals surface area contributed by atoms with Crippen molar-refractivity contribution in [2.24, 2.45) is 4.99 Å². The molecule has 0 atom stereocenters. The number of nitrogens with one attached hydrogen (secondary N) is 1. The number of hydrogen-bond donors (Lipinski definition) is 1. The number of rotatable bonds is 7. The van der Waals surface area contributed by atoms with Gasteiger partial charge in [-0.15, -0.1) is 11.8 Å². The molecule has 8 heteroatoms. The van der Waals surface area contributed by atoms with Gasteiger partial charge in [0.1, 0.15) is 12.1 Å². The SMILES string of the molecule is C=N/C=C(Br)\C(=C\c1ncn(-c2ccc(OC)cc2)c(=O)c1SC)NC. The van der Waals surface area contributed by atoms with Crippen molar-refractivity contribution < 1.29 is 4.74 Å². The number of halogens is 1. The number of aromatic nitrogens is 2. The van der Waals surface area contributed by atoms with Crippen LogP contribution >= 0.6 is 27.7 Å². The summed E-state index contributed by atoms with van der Waals surface area (Å²) in [4.78, 5) is 21.6. The Kier molecular flexibility index (Phi) is 7.23. The second-order valence-corrected chi connectivity index (χ2v) is 6.67. The Morgan fingerprint density at radius 3 is 2.65 bits per heavy atom. The fraction of sp³-hybridized carbons (Fsp3) is 0.167. The van der Waals surface area contributed by atoms with Gasteiger partial charge in [0.25, 0.3) is 5.56 Å². The van der Waals surface area contributed by atoms with Crippen LogP contribution in [-0.2, 0) is 0 Å². The van der Waals surface area contributed by atoms with E-state index < -0.39 is 0 Å². The monoisotopic (exact) mass is 434 g/mol. The zero-order valence-electron chi connectivity index (χ0n) is 14.7. The minimum atomic E-state index is -0.138. The molecule has 0 aliphatic heterocycles. The van der Waals surface area contributed by atoms with Gasteiger partial charge < -0.3 is 10.1 Å². The summed E-state index contributed by atoms with van der Waals surface area (Å²) in [6.07, 6.45) is 6.73. The minimum Gasteiger partial charge on any atom is -0.497 e. The average Bonchev–Trinajstić information content (AvgIpc) is 2.66. The first-order chi connectivity index (χ1) is 12.5. The van der Waals surface area contributed by atoms with Crippen LogP contribution in [0.2, 0.25) is 0 Å². The van der Waals surface area contributed by atoms with Gasteiger partial charge in [0.15, 0.2) is 0 Å². The van der Waals surface area contributed by atoms with E-state index in [1.165, 1.54) is 22.7 Å². The molecule has 0 unspecified atom stereocenters. The molecule has 1 heterocycles. The van der Waals surface area contributed by atoms with Crippen molar-refractivity contribution >= 4 is 40.5 Å². The molecule has 0 radical (unpaired) electrons. The lowest BCUT2D eigenvalue weighted by Gasteiger charge is -2.11. The maximum Gasteiger partial charge on any atom is 0.272 e. The van der Waals surface area contributed by atoms with Gasteiger partial charge in [-0.2, -0.15) is 0 Å². The number of benzene rings is 1. The molecule has 0 saturated heterocycles. The standard InChI is InChI=1S/C18H19BrN4O2S/c1-20-10-14(19)15(21-2)9-16-17(26-4)18(24)23(11-22-16)12-5-7-13(25-3)8-6-12/h5-11,21H,1H2,2-4H3/b14-10+,15-9-. The number of thioether (sulfide) groups is 1. The number of allylic oxidation sites excluding steroid dienone is 1. The van der Waals surface area contributed by atoms with Crippen molar-refractivity contribution in [1.29, 1.82) is 0 Å². The van der Waals surface area contributed by atoms with E-state index >= 15 is 0 Å². The lowest BCUT2D eigenvalue weighted by atomic mass is 10.2. The number of hydrogen-bond acceptors (Lipinski definition) is 6. The van der Waals surface area contributed by atoms with E-state index in [9.17, 15) is 4.79 Å². The third-order valence-corrected chi connectivity index (χ3v) is 4.95. The Bertz CT molecular complexity index is 904. The maximum absolute atomic E-state index is 12.9. The third kappa shape index (κ3) is 4.44. The summed E-state index contributed by atoms with van der Waals surface area (Å²) in [6.45, 7) is 3.44. The number of ether oxygens (including phenoxy) is 1. The summed E-state index contributed by atoms with van der Waals surface area (Å²) < 4.78 is 7.38. The Morgan fingerprint density at radius 2 is 2.12 bits per heavy atom. The number of methoxy groups -OCH3 is 1. The van der Waals surface area contributed by atoms with Gasteiger partial charge in [0.2, 0.25) is 0 Å². The smallest absolute Gasteiger partial charge is 0.272 e. The van der Waals surface area contributed by atoms with Crippen LogP contribution < -0.4 is 15.6 Å². The topological polar surface area (TPSA) is 68.5 Å². The summed E-state index contributed by atoms with van der Waals surface area (Å²) in [5.74, 6) is 0.727. The van der Waals surface area contributed by atoms with Crippen LogP contribution in [0.5, 0.6) is 5.75 Å². The van der Waals surface area contributed by atoms with Crippen LogP contribution in [0.1, 0.15) is 5.69 Å². The van der Waals surface area contributed by atoms with Crippen molar-refractivity contribution in [2.75, 3.05) is 20.4 Å². The van der Waals surface area contributed by atoms with Gasteiger partial charge in [-0.1, -0.05) is 0 Å². The van der Waals surface area contributed by atoms with E-state index in [-0.39, 0.29) is 5.56 Å². The van der Waals surface area contributed by atoms with E-state index in [1.54, 1.807) is 38.6 Å². The Morgan fingerprint density at radius 1 is 1.42 bits per heavy atom. The van der Waals surface area contributed by atoms with E-state index in [4.69, 9.17) is 4.74 Å². The molecule has 1 aromatic heterocycles. The van der Waals surface area contributed by atoms with E-state index in [1.807, 2.05) is 18.4 Å². The van der Waals surface area contributed by atoms with Gasteiger partial charge in [-0.25, -0.2) is 4.98 Å². The summed E-state index contributed by atoms with van der Waals surface area (Å²) in [5.41, 5.74) is 1.90. The molecule has 26 heavy (non-hydrogen) atoms. The molecule has 2 rings (SSSR count). The highest BCUT2D eigenvalue weighted by Gasteiger charge is 2.12. The zero-order valence-corrected chi connectivity index (χ0v) is 17.1. The van der Waals surface area contributed by atoms with Crippen molar-refractivity contribution in [1.82, 2.24) is 14.9 Å². The highest BCUT2D eigenvalue weighted by Crippen LogP contribution is 2.22. The molecule has 2 aromatic rings. The van der Waals surface area contributed by atoms with Gasteiger partial charge >= 0.3 is 0 Å². The summed E-state index contributed by atoms with van der Waals surface area (Å²) >= 11 is 4.77. The van der Waals surface area contributed by atoms with Gasteiger partial charge in [0.05, 0.1) is 33.6 Å². The minimum absolute atomic E-state index is 0.138. The van der Waals surface area contributed by atoms with Crippen molar-refractivity contribution in [3.63, 3.8) is 0 Å². The fourth-order valence-electron chi connectivity index (χ4n) is 2.22. The van der Waals surface area contributed by atoms with Crippen LogP contribution in [0.3, 0.4) is 0 Å². The summed E-state index contributed by atoms with van der Waals surface area (Å²) in [5, 5.41) is 3.05. The molecule has 6 nitrogen and oxygen atoms in total. The van der Waals surface area contributed by atoms with Gasteiger partial charge in [-0.05, 0) is 59.2 Å². The quantitative estimate of drug-likeness (QED) is 0.410. The predicted octanol–water partition coefficient (Wildman–Crippen LogP) is 3.46. The summed E-state index contributed by atoms with van der Waals surface area (Å²) in [7, 11) is 3.38. The molecular formula is C18H19BrN4O2S.